The number of ketones is 1. The molecule has 2 unspecified atom stereocenters. The largest absolute Gasteiger partial charge is 0.384 e. The number of carbonyl (C=O) groups excluding carboxylic acids is 1. The molecule has 64 valence electrons. The Bertz CT molecular complexity index is 187. The van der Waals surface area contributed by atoms with Crippen LogP contribution in [0, 0.1) is 0 Å². The highest BCUT2D eigenvalue weighted by atomic mass is 16.6. The van der Waals surface area contributed by atoms with E-state index in [4.69, 9.17) is 0 Å². The van der Waals surface area contributed by atoms with Crippen LogP contribution >= 0.6 is 0 Å². The van der Waals surface area contributed by atoms with Crippen LogP contribution < -0.4 is 0 Å². The molecule has 0 spiro atoms. The van der Waals surface area contributed by atoms with Gasteiger partial charge < -0.3 is 14.9 Å². The van der Waals surface area contributed by atoms with Crippen LogP contribution in [0.25, 0.3) is 0 Å². The minimum atomic E-state index is -1.99. The van der Waals surface area contributed by atoms with E-state index >= 15 is 0 Å². The Kier molecular flexibility index (Phi) is 1.78. The average molecular weight is 160 g/mol. The zero-order valence-electron chi connectivity index (χ0n) is 6.63. The Balaban J connectivity index is 2.97. The van der Waals surface area contributed by atoms with Gasteiger partial charge in [0.2, 0.25) is 0 Å². The van der Waals surface area contributed by atoms with Crippen LogP contribution in [-0.4, -0.2) is 34.5 Å². The van der Waals surface area contributed by atoms with Crippen molar-refractivity contribution in [3.63, 3.8) is 0 Å². The molecule has 0 aromatic carbocycles. The van der Waals surface area contributed by atoms with E-state index in [-0.39, 0.29) is 12.8 Å². The van der Waals surface area contributed by atoms with Gasteiger partial charge in [-0.3, -0.25) is 4.79 Å². The Labute approximate surface area is 64.8 Å². The molecule has 2 atom stereocenters. The van der Waals surface area contributed by atoms with Gasteiger partial charge in [0.05, 0.1) is 0 Å². The highest BCUT2D eigenvalue weighted by Gasteiger charge is 2.57. The second-order valence-electron chi connectivity index (χ2n) is 3.05. The lowest BCUT2D eigenvalue weighted by Crippen LogP contribution is -2.53. The average Bonchev–Trinajstić information content (AvgIpc) is 2.15. The standard InChI is InChI=1S/C7H12O4/c1-6(9)4-3-5(8)7(6,10)11-2/h9-10H,3-4H2,1-2H3. The first-order chi connectivity index (χ1) is 4.94. The van der Waals surface area contributed by atoms with Crippen LogP contribution in [0.15, 0.2) is 0 Å². The van der Waals surface area contributed by atoms with Gasteiger partial charge in [0.15, 0.2) is 5.78 Å². The Morgan fingerprint density at radius 1 is 1.55 bits per heavy atom. The van der Waals surface area contributed by atoms with Gasteiger partial charge in [0.1, 0.15) is 5.60 Å². The molecule has 0 radical (unpaired) electrons. The highest BCUT2D eigenvalue weighted by molar-refractivity contribution is 5.89. The summed E-state index contributed by atoms with van der Waals surface area (Å²) in [5, 5.41) is 19.0. The van der Waals surface area contributed by atoms with Crippen LogP contribution in [0.4, 0.5) is 0 Å². The monoisotopic (exact) mass is 160 g/mol. The molecule has 0 amide bonds. The van der Waals surface area contributed by atoms with Crippen molar-refractivity contribution < 1.29 is 19.7 Å². The van der Waals surface area contributed by atoms with Crippen molar-refractivity contribution in [2.75, 3.05) is 7.11 Å². The zero-order valence-corrected chi connectivity index (χ0v) is 6.63. The van der Waals surface area contributed by atoms with E-state index in [2.05, 4.69) is 4.74 Å². The number of carbonyl (C=O) groups is 1. The number of methoxy groups -OCH3 is 1. The van der Waals surface area contributed by atoms with Gasteiger partial charge in [-0.2, -0.15) is 0 Å². The van der Waals surface area contributed by atoms with E-state index in [0.717, 1.165) is 0 Å². The highest BCUT2D eigenvalue weighted by Crippen LogP contribution is 2.36. The maximum atomic E-state index is 11.0. The fourth-order valence-electron chi connectivity index (χ4n) is 1.33. The third-order valence-corrected chi connectivity index (χ3v) is 2.24. The number of ether oxygens (including phenoxy) is 1. The Morgan fingerprint density at radius 3 is 2.27 bits per heavy atom. The van der Waals surface area contributed by atoms with Gasteiger partial charge in [-0.15, -0.1) is 0 Å². The predicted octanol–water partition coefficient (Wildman–Crippen LogP) is -0.565. The second-order valence-corrected chi connectivity index (χ2v) is 3.05. The molecule has 11 heavy (non-hydrogen) atoms. The molecule has 4 nitrogen and oxygen atoms in total. The first-order valence-corrected chi connectivity index (χ1v) is 3.47. The van der Waals surface area contributed by atoms with Crippen molar-refractivity contribution in [1.82, 2.24) is 0 Å². The van der Waals surface area contributed by atoms with E-state index in [1.807, 2.05) is 0 Å². The Hall–Kier alpha value is -0.450. The first-order valence-electron chi connectivity index (χ1n) is 3.47. The molecule has 0 heterocycles. The molecule has 1 aliphatic rings. The molecule has 0 saturated heterocycles. The fourth-order valence-corrected chi connectivity index (χ4v) is 1.33. The Morgan fingerprint density at radius 2 is 2.09 bits per heavy atom. The van der Waals surface area contributed by atoms with Crippen LogP contribution in [0.1, 0.15) is 19.8 Å². The molecule has 1 rings (SSSR count). The van der Waals surface area contributed by atoms with E-state index in [0.29, 0.717) is 0 Å². The number of aliphatic hydroxyl groups is 2. The van der Waals surface area contributed by atoms with E-state index in [9.17, 15) is 15.0 Å². The fraction of sp³-hybridized carbons (Fsp3) is 0.857. The topological polar surface area (TPSA) is 66.8 Å². The van der Waals surface area contributed by atoms with Gasteiger partial charge >= 0.3 is 0 Å². The lowest BCUT2D eigenvalue weighted by atomic mass is 9.99. The summed E-state index contributed by atoms with van der Waals surface area (Å²) in [4.78, 5) is 11.0. The van der Waals surface area contributed by atoms with Gasteiger partial charge in [0.25, 0.3) is 5.79 Å². The number of hydrogen-bond donors (Lipinski definition) is 2. The number of hydrogen-bond acceptors (Lipinski definition) is 4. The van der Waals surface area contributed by atoms with Crippen molar-refractivity contribution in [3.05, 3.63) is 0 Å². The maximum Gasteiger partial charge on any atom is 0.255 e. The van der Waals surface area contributed by atoms with Crippen molar-refractivity contribution in [2.24, 2.45) is 0 Å². The summed E-state index contributed by atoms with van der Waals surface area (Å²) in [7, 11) is 1.21. The van der Waals surface area contributed by atoms with Crippen molar-refractivity contribution in [1.29, 1.82) is 0 Å². The van der Waals surface area contributed by atoms with E-state index in [1.54, 1.807) is 0 Å². The molecule has 1 saturated carbocycles. The normalized spacial score (nSPS) is 44.9. The molecular formula is C7H12O4. The van der Waals surface area contributed by atoms with Crippen LogP contribution in [-0.2, 0) is 9.53 Å². The molecule has 0 aliphatic heterocycles. The van der Waals surface area contributed by atoms with E-state index in [1.165, 1.54) is 14.0 Å². The predicted molar refractivity (Wildman–Crippen MR) is 36.8 cm³/mol. The minimum Gasteiger partial charge on any atom is -0.384 e. The molecule has 2 N–H and O–H groups in total. The van der Waals surface area contributed by atoms with Crippen molar-refractivity contribution in [2.45, 2.75) is 31.2 Å². The zero-order chi connectivity index (χ0) is 8.70. The lowest BCUT2D eigenvalue weighted by molar-refractivity contribution is -0.251. The summed E-state index contributed by atoms with van der Waals surface area (Å²) in [6.45, 7) is 1.39. The molecule has 0 aromatic rings. The van der Waals surface area contributed by atoms with Gasteiger partial charge in [-0.25, -0.2) is 0 Å². The smallest absolute Gasteiger partial charge is 0.255 e. The molecule has 1 aliphatic carbocycles. The molecule has 1 fully saturated rings. The van der Waals surface area contributed by atoms with E-state index < -0.39 is 17.2 Å². The molecular weight excluding hydrogens is 148 g/mol. The van der Waals surface area contributed by atoms with Crippen LogP contribution in [0.5, 0.6) is 0 Å². The molecule has 4 heteroatoms. The van der Waals surface area contributed by atoms with Gasteiger partial charge in [-0.1, -0.05) is 0 Å². The van der Waals surface area contributed by atoms with Crippen LogP contribution in [0.2, 0.25) is 0 Å². The third kappa shape index (κ3) is 0.982. The summed E-state index contributed by atoms with van der Waals surface area (Å²) in [5.74, 6) is -2.45. The summed E-state index contributed by atoms with van der Waals surface area (Å²) in [6, 6.07) is 0. The van der Waals surface area contributed by atoms with Gasteiger partial charge in [-0.05, 0) is 13.3 Å². The molecule has 0 bridgehead atoms. The number of Topliss-reactive ketones (excluding diaryl/α,β-unsaturated/α-hetero) is 1. The summed E-state index contributed by atoms with van der Waals surface area (Å²) < 4.78 is 4.58. The second kappa shape index (κ2) is 2.27. The first kappa shape index (κ1) is 8.64. The maximum absolute atomic E-state index is 11.0. The quantitative estimate of drug-likeness (QED) is 0.504. The van der Waals surface area contributed by atoms with Crippen molar-refractivity contribution >= 4 is 5.78 Å². The summed E-state index contributed by atoms with van der Waals surface area (Å²) in [6.07, 6.45) is 0.410. The summed E-state index contributed by atoms with van der Waals surface area (Å²) >= 11 is 0. The lowest BCUT2D eigenvalue weighted by Gasteiger charge is -2.31. The number of rotatable bonds is 1. The van der Waals surface area contributed by atoms with Gasteiger partial charge in [0, 0.05) is 13.5 Å². The minimum absolute atomic E-state index is 0.164. The third-order valence-electron chi connectivity index (χ3n) is 2.24. The SMILES string of the molecule is COC1(O)C(=O)CCC1(C)O. The van der Waals surface area contributed by atoms with Crippen molar-refractivity contribution in [3.8, 4) is 0 Å². The summed E-state index contributed by atoms with van der Waals surface area (Å²) in [5.41, 5.74) is -1.45. The van der Waals surface area contributed by atoms with Crippen LogP contribution in [0.3, 0.4) is 0 Å². The molecule has 0 aromatic heterocycles.